The molecule has 2 N–H and O–H groups in total. The fourth-order valence-corrected chi connectivity index (χ4v) is 3.49. The molecule has 1 amide bonds. The number of ether oxygens (including phenoxy) is 3. The van der Waals surface area contributed by atoms with Gasteiger partial charge in [-0.05, 0) is 36.8 Å². The van der Waals surface area contributed by atoms with E-state index in [1.54, 1.807) is 18.2 Å². The van der Waals surface area contributed by atoms with Gasteiger partial charge < -0.3 is 19.5 Å². The predicted octanol–water partition coefficient (Wildman–Crippen LogP) is 3.20. The zero-order valence-corrected chi connectivity index (χ0v) is 19.4. The van der Waals surface area contributed by atoms with Crippen LogP contribution in [0.5, 0.6) is 11.5 Å². The lowest BCUT2D eigenvalue weighted by Gasteiger charge is -2.25. The largest absolute Gasteiger partial charge is 0.497 e. The Kier molecular flexibility index (Phi) is 8.72. The molecule has 9 heteroatoms. The molecule has 0 atom stereocenters. The zero-order valence-electron chi connectivity index (χ0n) is 18.6. The van der Waals surface area contributed by atoms with E-state index in [2.05, 4.69) is 20.5 Å². The van der Waals surface area contributed by atoms with Gasteiger partial charge in [-0.15, -0.1) is 0 Å². The number of methoxy groups -OCH3 is 2. The molecule has 8 nitrogen and oxygen atoms in total. The van der Waals surface area contributed by atoms with Crippen molar-refractivity contribution in [2.24, 2.45) is 4.99 Å². The van der Waals surface area contributed by atoms with Gasteiger partial charge in [0, 0.05) is 31.3 Å². The molecule has 0 bridgehead atoms. The molecular weight excluding hydrogens is 432 g/mol. The number of guanidine groups is 1. The van der Waals surface area contributed by atoms with E-state index >= 15 is 0 Å². The summed E-state index contributed by atoms with van der Waals surface area (Å²) in [4.78, 5) is 19.9. The highest BCUT2D eigenvalue weighted by molar-refractivity contribution is 6.34. The number of nitrogens with one attached hydrogen (secondary N) is 2. The van der Waals surface area contributed by atoms with Crippen LogP contribution in [-0.4, -0.2) is 70.4 Å². The third-order valence-electron chi connectivity index (χ3n) is 5.01. The number of carbonyl (C=O) groups excluding carboxylic acids is 1. The van der Waals surface area contributed by atoms with Crippen LogP contribution in [-0.2, 0) is 4.74 Å². The van der Waals surface area contributed by atoms with Gasteiger partial charge in [-0.25, -0.2) is 0 Å². The second kappa shape index (κ2) is 11.7. The summed E-state index contributed by atoms with van der Waals surface area (Å²) in [5, 5.41) is 6.55. The normalized spacial score (nSPS) is 14.7. The van der Waals surface area contributed by atoms with Crippen LogP contribution in [0, 0.1) is 6.92 Å². The molecule has 0 aromatic heterocycles. The molecule has 3 rings (SSSR count). The van der Waals surface area contributed by atoms with Crippen LogP contribution in [0.25, 0.3) is 0 Å². The topological polar surface area (TPSA) is 84.4 Å². The number of aliphatic imine (C=N–C) groups is 1. The van der Waals surface area contributed by atoms with E-state index in [1.165, 1.54) is 14.2 Å². The number of benzene rings is 2. The number of amides is 1. The fraction of sp³-hybridized carbons (Fsp3) is 0.391. The van der Waals surface area contributed by atoms with E-state index in [-0.39, 0.29) is 5.91 Å². The highest BCUT2D eigenvalue weighted by Crippen LogP contribution is 2.24. The first-order valence-electron chi connectivity index (χ1n) is 10.4. The Hall–Kier alpha value is -2.81. The molecule has 2 aromatic rings. The van der Waals surface area contributed by atoms with Crippen LogP contribution in [0.2, 0.25) is 5.02 Å². The van der Waals surface area contributed by atoms with Crippen molar-refractivity contribution in [1.29, 1.82) is 0 Å². The van der Waals surface area contributed by atoms with Crippen molar-refractivity contribution >= 4 is 29.2 Å². The Balaban J connectivity index is 1.77. The number of hydrogen-bond donors (Lipinski definition) is 2. The average molecular weight is 461 g/mol. The van der Waals surface area contributed by atoms with E-state index in [9.17, 15) is 4.79 Å². The number of rotatable bonds is 7. The third kappa shape index (κ3) is 6.85. The van der Waals surface area contributed by atoms with Gasteiger partial charge in [0.2, 0.25) is 5.96 Å². The minimum Gasteiger partial charge on any atom is -0.497 e. The van der Waals surface area contributed by atoms with Crippen LogP contribution in [0.4, 0.5) is 5.69 Å². The SMILES string of the molecule is COc1cc(OC)cc(C(=O)NC(=NCCN2CCOCC2)Nc2ccc(C)cc2Cl)c1. The van der Waals surface area contributed by atoms with E-state index in [4.69, 9.17) is 25.8 Å². The Morgan fingerprint density at radius 2 is 1.81 bits per heavy atom. The second-order valence-electron chi connectivity index (χ2n) is 7.35. The molecule has 2 aromatic carbocycles. The van der Waals surface area contributed by atoms with E-state index in [0.29, 0.717) is 40.3 Å². The van der Waals surface area contributed by atoms with Gasteiger partial charge >= 0.3 is 0 Å². The molecule has 32 heavy (non-hydrogen) atoms. The minimum atomic E-state index is -0.344. The van der Waals surface area contributed by atoms with Crippen molar-refractivity contribution in [2.45, 2.75) is 6.92 Å². The van der Waals surface area contributed by atoms with Crippen molar-refractivity contribution in [1.82, 2.24) is 10.2 Å². The first-order chi connectivity index (χ1) is 15.5. The monoisotopic (exact) mass is 460 g/mol. The number of anilines is 1. The van der Waals surface area contributed by atoms with Crippen LogP contribution in [0.1, 0.15) is 15.9 Å². The lowest BCUT2D eigenvalue weighted by Crippen LogP contribution is -2.39. The number of hydrogen-bond acceptors (Lipinski definition) is 6. The molecular formula is C23H29ClN4O4. The summed E-state index contributed by atoms with van der Waals surface area (Å²) in [5.74, 6) is 1.02. The third-order valence-corrected chi connectivity index (χ3v) is 5.33. The smallest absolute Gasteiger partial charge is 0.258 e. The van der Waals surface area contributed by atoms with E-state index in [0.717, 1.165) is 38.4 Å². The summed E-state index contributed by atoms with van der Waals surface area (Å²) < 4.78 is 15.9. The standard InChI is InChI=1S/C23H29ClN4O4/c1-16-4-5-21(20(24)12-16)26-23(25-6-7-28-8-10-32-11-9-28)27-22(29)17-13-18(30-2)15-19(14-17)31-3/h4-5,12-15H,6-11H2,1-3H3,(H2,25,26,27,29). The minimum absolute atomic E-state index is 0.316. The van der Waals surface area contributed by atoms with Crippen LogP contribution < -0.4 is 20.1 Å². The molecule has 0 saturated carbocycles. The molecule has 172 valence electrons. The van der Waals surface area contributed by atoms with E-state index in [1.807, 2.05) is 25.1 Å². The van der Waals surface area contributed by atoms with Gasteiger partial charge in [-0.3, -0.25) is 20.0 Å². The van der Waals surface area contributed by atoms with Gasteiger partial charge in [0.05, 0.1) is 44.7 Å². The summed E-state index contributed by atoms with van der Waals surface area (Å²) >= 11 is 6.38. The summed E-state index contributed by atoms with van der Waals surface area (Å²) in [7, 11) is 3.08. The van der Waals surface area contributed by atoms with Gasteiger partial charge in [-0.2, -0.15) is 0 Å². The van der Waals surface area contributed by atoms with Crippen LogP contribution in [0.3, 0.4) is 0 Å². The number of nitrogens with zero attached hydrogens (tertiary/aromatic N) is 2. The Bertz CT molecular complexity index is 939. The highest BCUT2D eigenvalue weighted by Gasteiger charge is 2.14. The Labute approximate surface area is 193 Å². The van der Waals surface area contributed by atoms with Gasteiger partial charge in [0.25, 0.3) is 5.91 Å². The molecule has 1 aliphatic heterocycles. The first kappa shape index (κ1) is 23.8. The first-order valence-corrected chi connectivity index (χ1v) is 10.8. The van der Waals surface area contributed by atoms with Crippen molar-refractivity contribution in [3.63, 3.8) is 0 Å². The molecule has 1 heterocycles. The van der Waals surface area contributed by atoms with Crippen molar-refractivity contribution in [3.05, 3.63) is 52.5 Å². The number of carbonyl (C=O) groups is 1. The summed E-state index contributed by atoms with van der Waals surface area (Å²) in [6.07, 6.45) is 0. The molecule has 0 unspecified atom stereocenters. The summed E-state index contributed by atoms with van der Waals surface area (Å²) in [5.41, 5.74) is 2.09. The van der Waals surface area contributed by atoms with Gasteiger partial charge in [0.1, 0.15) is 11.5 Å². The molecule has 0 spiro atoms. The maximum Gasteiger partial charge on any atom is 0.258 e. The maximum atomic E-state index is 13.0. The zero-order chi connectivity index (χ0) is 22.9. The van der Waals surface area contributed by atoms with Crippen molar-refractivity contribution < 1.29 is 19.0 Å². The molecule has 0 aliphatic carbocycles. The summed E-state index contributed by atoms with van der Waals surface area (Å²) in [6, 6.07) is 10.6. The Morgan fingerprint density at radius 3 is 2.44 bits per heavy atom. The molecule has 0 radical (unpaired) electrons. The van der Waals surface area contributed by atoms with Crippen molar-refractivity contribution in [3.8, 4) is 11.5 Å². The Morgan fingerprint density at radius 1 is 1.12 bits per heavy atom. The number of halogens is 1. The number of morpholine rings is 1. The van der Waals surface area contributed by atoms with E-state index < -0.39 is 0 Å². The predicted molar refractivity (Wildman–Crippen MR) is 126 cm³/mol. The van der Waals surface area contributed by atoms with Crippen LogP contribution in [0.15, 0.2) is 41.4 Å². The molecule has 1 saturated heterocycles. The average Bonchev–Trinajstić information content (AvgIpc) is 2.81. The number of aryl methyl sites for hydroxylation is 1. The van der Waals surface area contributed by atoms with Gasteiger partial charge in [-0.1, -0.05) is 17.7 Å². The maximum absolute atomic E-state index is 13.0. The van der Waals surface area contributed by atoms with Crippen molar-refractivity contribution in [2.75, 3.05) is 58.9 Å². The quantitative estimate of drug-likeness (QED) is 0.487. The highest BCUT2D eigenvalue weighted by atomic mass is 35.5. The lowest BCUT2D eigenvalue weighted by molar-refractivity contribution is 0.0394. The molecule has 1 aliphatic rings. The second-order valence-corrected chi connectivity index (χ2v) is 7.76. The van der Waals surface area contributed by atoms with Gasteiger partial charge in [0.15, 0.2) is 0 Å². The fourth-order valence-electron chi connectivity index (χ4n) is 3.21. The summed E-state index contributed by atoms with van der Waals surface area (Å²) in [6.45, 7) is 6.43. The van der Waals surface area contributed by atoms with Crippen LogP contribution >= 0.6 is 11.6 Å². The molecule has 1 fully saturated rings. The lowest BCUT2D eigenvalue weighted by atomic mass is 10.2.